The van der Waals surface area contributed by atoms with Crippen molar-refractivity contribution < 1.29 is 5.11 Å². The van der Waals surface area contributed by atoms with Crippen LogP contribution in [0.1, 0.15) is 36.1 Å². The number of benzene rings is 1. The molecule has 1 aromatic heterocycles. The van der Waals surface area contributed by atoms with E-state index < -0.39 is 6.10 Å². The molecule has 3 heteroatoms. The highest BCUT2D eigenvalue weighted by Crippen LogP contribution is 2.23. The van der Waals surface area contributed by atoms with Gasteiger partial charge in [-0.3, -0.25) is 0 Å². The fourth-order valence-corrected chi connectivity index (χ4v) is 2.34. The van der Waals surface area contributed by atoms with E-state index in [-0.39, 0.29) is 0 Å². The zero-order valence-electron chi connectivity index (χ0n) is 12.4. The summed E-state index contributed by atoms with van der Waals surface area (Å²) in [5, 5.41) is 9.86. The summed E-state index contributed by atoms with van der Waals surface area (Å²) >= 11 is 0. The molecule has 0 spiro atoms. The van der Waals surface area contributed by atoms with Gasteiger partial charge in [0.25, 0.3) is 0 Å². The second kappa shape index (κ2) is 6.53. The van der Waals surface area contributed by atoms with E-state index in [1.165, 1.54) is 5.56 Å². The van der Waals surface area contributed by atoms with Crippen molar-refractivity contribution in [3.05, 3.63) is 59.3 Å². The van der Waals surface area contributed by atoms with Crippen molar-refractivity contribution in [2.75, 3.05) is 11.9 Å². The molecular formula is C17H22N2O. The maximum Gasteiger partial charge on any atom is 0.131 e. The smallest absolute Gasteiger partial charge is 0.131 e. The molecule has 20 heavy (non-hydrogen) atoms. The number of anilines is 1. The zero-order valence-corrected chi connectivity index (χ0v) is 12.4. The van der Waals surface area contributed by atoms with Gasteiger partial charge in [-0.05, 0) is 36.1 Å². The van der Waals surface area contributed by atoms with E-state index in [9.17, 15) is 5.11 Å². The highest BCUT2D eigenvalue weighted by atomic mass is 16.3. The molecule has 0 fully saturated rings. The maximum absolute atomic E-state index is 9.86. The van der Waals surface area contributed by atoms with Crippen molar-refractivity contribution in [1.29, 1.82) is 0 Å². The Morgan fingerprint density at radius 2 is 1.95 bits per heavy atom. The van der Waals surface area contributed by atoms with Gasteiger partial charge in [0.05, 0.1) is 6.10 Å². The number of aryl methyl sites for hydroxylation is 1. The number of aromatic nitrogens is 1. The van der Waals surface area contributed by atoms with Crippen LogP contribution in [0.3, 0.4) is 0 Å². The Morgan fingerprint density at radius 3 is 2.55 bits per heavy atom. The van der Waals surface area contributed by atoms with Crippen molar-refractivity contribution in [3.8, 4) is 0 Å². The Morgan fingerprint density at radius 1 is 1.25 bits per heavy atom. The molecule has 0 radical (unpaired) electrons. The van der Waals surface area contributed by atoms with E-state index in [1.54, 1.807) is 6.20 Å². The second-order valence-corrected chi connectivity index (χ2v) is 5.17. The van der Waals surface area contributed by atoms with Gasteiger partial charge in [-0.1, -0.05) is 37.3 Å². The van der Waals surface area contributed by atoms with Crippen LogP contribution in [0.25, 0.3) is 0 Å². The number of rotatable bonds is 5. The highest BCUT2D eigenvalue weighted by molar-refractivity contribution is 5.47. The summed E-state index contributed by atoms with van der Waals surface area (Å²) in [6, 6.07) is 12.4. The van der Waals surface area contributed by atoms with Gasteiger partial charge in [0, 0.05) is 19.8 Å². The van der Waals surface area contributed by atoms with Gasteiger partial charge in [-0.2, -0.15) is 0 Å². The standard InChI is InChI=1S/C17H22N2O/c1-4-16(20)15-10-13(2)17(18-11-15)19(3)12-14-8-6-5-7-9-14/h5-11,16,20H,4,12H2,1-3H3/t16-/m0/s1. The Balaban J connectivity index is 2.16. The second-order valence-electron chi connectivity index (χ2n) is 5.17. The molecular weight excluding hydrogens is 248 g/mol. The Hall–Kier alpha value is -1.87. The van der Waals surface area contributed by atoms with E-state index >= 15 is 0 Å². The first kappa shape index (κ1) is 14.5. The monoisotopic (exact) mass is 270 g/mol. The van der Waals surface area contributed by atoms with E-state index in [0.717, 1.165) is 23.5 Å². The molecule has 1 atom stereocenters. The molecule has 106 valence electrons. The molecule has 0 saturated carbocycles. The summed E-state index contributed by atoms with van der Waals surface area (Å²) in [6.45, 7) is 4.83. The number of hydrogen-bond acceptors (Lipinski definition) is 3. The van der Waals surface area contributed by atoms with Gasteiger partial charge in [-0.25, -0.2) is 4.98 Å². The maximum atomic E-state index is 9.86. The molecule has 1 aromatic carbocycles. The molecule has 0 saturated heterocycles. The van der Waals surface area contributed by atoms with Crippen molar-refractivity contribution in [3.63, 3.8) is 0 Å². The molecule has 0 bridgehead atoms. The lowest BCUT2D eigenvalue weighted by Crippen LogP contribution is -2.19. The molecule has 0 unspecified atom stereocenters. The van der Waals surface area contributed by atoms with Gasteiger partial charge in [0.1, 0.15) is 5.82 Å². The molecule has 0 aliphatic rings. The first-order valence-electron chi connectivity index (χ1n) is 7.01. The summed E-state index contributed by atoms with van der Waals surface area (Å²) in [7, 11) is 2.04. The van der Waals surface area contributed by atoms with Crippen LogP contribution >= 0.6 is 0 Å². The lowest BCUT2D eigenvalue weighted by molar-refractivity contribution is 0.173. The number of nitrogens with zero attached hydrogens (tertiary/aromatic N) is 2. The van der Waals surface area contributed by atoms with Gasteiger partial charge in [0.15, 0.2) is 0 Å². The number of aliphatic hydroxyl groups is 1. The number of pyridine rings is 1. The third-order valence-electron chi connectivity index (χ3n) is 3.47. The summed E-state index contributed by atoms with van der Waals surface area (Å²) < 4.78 is 0. The van der Waals surface area contributed by atoms with Crippen LogP contribution in [0.5, 0.6) is 0 Å². The van der Waals surface area contributed by atoms with E-state index in [2.05, 4.69) is 22.0 Å². The van der Waals surface area contributed by atoms with Crippen molar-refractivity contribution in [1.82, 2.24) is 4.98 Å². The summed E-state index contributed by atoms with van der Waals surface area (Å²) in [6.07, 6.45) is 2.06. The highest BCUT2D eigenvalue weighted by Gasteiger charge is 2.11. The summed E-state index contributed by atoms with van der Waals surface area (Å²) in [4.78, 5) is 6.64. The number of aliphatic hydroxyl groups excluding tert-OH is 1. The van der Waals surface area contributed by atoms with Crippen molar-refractivity contribution in [2.24, 2.45) is 0 Å². The molecule has 3 nitrogen and oxygen atoms in total. The average molecular weight is 270 g/mol. The minimum absolute atomic E-state index is 0.422. The predicted molar refractivity (Wildman–Crippen MR) is 82.8 cm³/mol. The molecule has 2 rings (SSSR count). The summed E-state index contributed by atoms with van der Waals surface area (Å²) in [5.74, 6) is 0.959. The van der Waals surface area contributed by atoms with Crippen molar-refractivity contribution >= 4 is 5.82 Å². The largest absolute Gasteiger partial charge is 0.388 e. The fraction of sp³-hybridized carbons (Fsp3) is 0.353. The van der Waals surface area contributed by atoms with Crippen LogP contribution in [0, 0.1) is 6.92 Å². The topological polar surface area (TPSA) is 36.4 Å². The molecule has 1 heterocycles. The Bertz CT molecular complexity index is 554. The average Bonchev–Trinajstić information content (AvgIpc) is 2.47. The van der Waals surface area contributed by atoms with Crippen LogP contribution in [0.2, 0.25) is 0 Å². The Labute approximate surface area is 120 Å². The third-order valence-corrected chi connectivity index (χ3v) is 3.47. The van der Waals surface area contributed by atoms with Crippen LogP contribution in [-0.4, -0.2) is 17.1 Å². The zero-order chi connectivity index (χ0) is 14.5. The van der Waals surface area contributed by atoms with Crippen LogP contribution in [-0.2, 0) is 6.54 Å². The predicted octanol–water partition coefficient (Wildman–Crippen LogP) is 3.47. The van der Waals surface area contributed by atoms with Gasteiger partial charge in [0.2, 0.25) is 0 Å². The van der Waals surface area contributed by atoms with Gasteiger partial charge < -0.3 is 10.0 Å². The lowest BCUT2D eigenvalue weighted by atomic mass is 10.1. The molecule has 0 aliphatic heterocycles. The van der Waals surface area contributed by atoms with Crippen LogP contribution in [0.4, 0.5) is 5.82 Å². The third kappa shape index (κ3) is 3.36. The molecule has 2 aromatic rings. The molecule has 1 N–H and O–H groups in total. The first-order valence-corrected chi connectivity index (χ1v) is 7.01. The lowest BCUT2D eigenvalue weighted by Gasteiger charge is -2.21. The normalized spacial score (nSPS) is 12.2. The summed E-state index contributed by atoms with van der Waals surface area (Å²) in [5.41, 5.74) is 3.24. The van der Waals surface area contributed by atoms with E-state index in [4.69, 9.17) is 0 Å². The quantitative estimate of drug-likeness (QED) is 0.903. The minimum atomic E-state index is -0.422. The van der Waals surface area contributed by atoms with Crippen LogP contribution < -0.4 is 4.90 Å². The molecule has 0 amide bonds. The van der Waals surface area contributed by atoms with E-state index in [1.807, 2.05) is 45.2 Å². The number of hydrogen-bond donors (Lipinski definition) is 1. The fourth-order valence-electron chi connectivity index (χ4n) is 2.34. The minimum Gasteiger partial charge on any atom is -0.388 e. The van der Waals surface area contributed by atoms with Crippen molar-refractivity contribution in [2.45, 2.75) is 32.9 Å². The van der Waals surface area contributed by atoms with Crippen LogP contribution in [0.15, 0.2) is 42.6 Å². The first-order chi connectivity index (χ1) is 9.61. The van der Waals surface area contributed by atoms with Gasteiger partial charge >= 0.3 is 0 Å². The van der Waals surface area contributed by atoms with E-state index in [0.29, 0.717) is 6.42 Å². The molecule has 0 aliphatic carbocycles. The van der Waals surface area contributed by atoms with Gasteiger partial charge in [-0.15, -0.1) is 0 Å². The SMILES string of the molecule is CC[C@H](O)c1cnc(N(C)Cc2ccccc2)c(C)c1. The Kier molecular flexibility index (Phi) is 4.74.